The monoisotopic (exact) mass is 362 g/mol. The van der Waals surface area contributed by atoms with Crippen molar-refractivity contribution in [1.29, 1.82) is 0 Å². The molecule has 0 atom stereocenters. The molecule has 1 amide bonds. The minimum atomic E-state index is -2.29. The first-order chi connectivity index (χ1) is 11.0. The van der Waals surface area contributed by atoms with Crippen LogP contribution < -0.4 is 5.32 Å². The number of benzene rings is 1. The third kappa shape index (κ3) is 7.06. The Kier molecular flexibility index (Phi) is 7.59. The molecule has 0 aliphatic carbocycles. The second kappa shape index (κ2) is 9.45. The van der Waals surface area contributed by atoms with Crippen LogP contribution in [0.2, 0.25) is 5.02 Å². The molecule has 1 aromatic carbocycles. The van der Waals surface area contributed by atoms with Gasteiger partial charge in [0.05, 0.1) is 12.3 Å². The maximum atomic E-state index is 12.3. The SMILES string of the molecule is O=C(CSCc1ccc(Cl)cc1)NC1CCN(CC(F)F)CC1. The first-order valence-corrected chi connectivity index (χ1v) is 9.18. The second-order valence-electron chi connectivity index (χ2n) is 5.65. The van der Waals surface area contributed by atoms with Crippen LogP contribution in [0.5, 0.6) is 0 Å². The van der Waals surface area contributed by atoms with Gasteiger partial charge in [-0.2, -0.15) is 0 Å². The van der Waals surface area contributed by atoms with Gasteiger partial charge in [0.15, 0.2) is 0 Å². The summed E-state index contributed by atoms with van der Waals surface area (Å²) in [5.74, 6) is 1.17. The Labute approximate surface area is 144 Å². The molecule has 1 heterocycles. The van der Waals surface area contributed by atoms with Gasteiger partial charge in [0.2, 0.25) is 5.91 Å². The number of nitrogens with one attached hydrogen (secondary N) is 1. The van der Waals surface area contributed by atoms with Gasteiger partial charge < -0.3 is 5.32 Å². The van der Waals surface area contributed by atoms with Gasteiger partial charge in [-0.1, -0.05) is 23.7 Å². The van der Waals surface area contributed by atoms with Crippen LogP contribution >= 0.6 is 23.4 Å². The van der Waals surface area contributed by atoms with Gasteiger partial charge in [0, 0.05) is 29.9 Å². The van der Waals surface area contributed by atoms with E-state index in [4.69, 9.17) is 11.6 Å². The molecule has 23 heavy (non-hydrogen) atoms. The Morgan fingerprint density at radius 3 is 2.57 bits per heavy atom. The molecule has 0 saturated carbocycles. The Morgan fingerprint density at radius 2 is 1.96 bits per heavy atom. The van der Waals surface area contributed by atoms with Crippen LogP contribution in [0.15, 0.2) is 24.3 Å². The summed E-state index contributed by atoms with van der Waals surface area (Å²) in [6.45, 7) is 1.07. The van der Waals surface area contributed by atoms with Crippen molar-refractivity contribution >= 4 is 29.3 Å². The zero-order valence-corrected chi connectivity index (χ0v) is 14.4. The largest absolute Gasteiger partial charge is 0.353 e. The lowest BCUT2D eigenvalue weighted by atomic mass is 10.1. The van der Waals surface area contributed by atoms with Crippen molar-refractivity contribution in [2.24, 2.45) is 0 Å². The summed E-state index contributed by atoms with van der Waals surface area (Å²) in [6, 6.07) is 7.68. The lowest BCUT2D eigenvalue weighted by Crippen LogP contribution is -2.46. The van der Waals surface area contributed by atoms with E-state index in [2.05, 4.69) is 5.32 Å². The molecule has 1 aromatic rings. The maximum Gasteiger partial charge on any atom is 0.251 e. The van der Waals surface area contributed by atoms with Crippen LogP contribution in [0, 0.1) is 0 Å². The zero-order chi connectivity index (χ0) is 16.7. The quantitative estimate of drug-likeness (QED) is 0.806. The summed E-state index contributed by atoms with van der Waals surface area (Å²) < 4.78 is 24.6. The predicted octanol–water partition coefficient (Wildman–Crippen LogP) is 3.42. The first kappa shape index (κ1) is 18.5. The van der Waals surface area contributed by atoms with Crippen molar-refractivity contribution in [3.8, 4) is 0 Å². The zero-order valence-electron chi connectivity index (χ0n) is 12.8. The Morgan fingerprint density at radius 1 is 1.30 bits per heavy atom. The predicted molar refractivity (Wildman–Crippen MR) is 91.2 cm³/mol. The number of nitrogens with zero attached hydrogens (tertiary/aromatic N) is 1. The summed E-state index contributed by atoms with van der Waals surface area (Å²) in [5.41, 5.74) is 1.13. The van der Waals surface area contributed by atoms with E-state index in [-0.39, 0.29) is 18.5 Å². The van der Waals surface area contributed by atoms with E-state index in [0.29, 0.717) is 23.9 Å². The van der Waals surface area contributed by atoms with Crippen LogP contribution in [0.25, 0.3) is 0 Å². The van der Waals surface area contributed by atoms with Crippen molar-refractivity contribution in [2.45, 2.75) is 31.1 Å². The van der Waals surface area contributed by atoms with Crippen molar-refractivity contribution in [3.63, 3.8) is 0 Å². The van der Waals surface area contributed by atoms with Crippen molar-refractivity contribution in [3.05, 3.63) is 34.9 Å². The summed E-state index contributed by atoms with van der Waals surface area (Å²) in [4.78, 5) is 13.7. The summed E-state index contributed by atoms with van der Waals surface area (Å²) in [6.07, 6.45) is -0.814. The number of thioether (sulfide) groups is 1. The van der Waals surface area contributed by atoms with E-state index >= 15 is 0 Å². The molecule has 0 radical (unpaired) electrons. The number of alkyl halides is 2. The highest BCUT2D eigenvalue weighted by Crippen LogP contribution is 2.16. The van der Waals surface area contributed by atoms with Gasteiger partial charge in [-0.05, 0) is 30.5 Å². The normalized spacial score (nSPS) is 16.7. The van der Waals surface area contributed by atoms with Gasteiger partial charge in [-0.25, -0.2) is 8.78 Å². The standard InChI is InChI=1S/C16H21ClF2N2OS/c17-13-3-1-12(2-4-13)10-23-11-16(22)20-14-5-7-21(8-6-14)9-15(18)19/h1-4,14-15H,5-11H2,(H,20,22). The minimum Gasteiger partial charge on any atom is -0.353 e. The van der Waals surface area contributed by atoms with Gasteiger partial charge >= 0.3 is 0 Å². The third-order valence-electron chi connectivity index (χ3n) is 3.76. The van der Waals surface area contributed by atoms with Gasteiger partial charge in [0.1, 0.15) is 0 Å². The molecule has 1 saturated heterocycles. The molecular formula is C16H21ClF2N2OS. The molecule has 1 aliphatic rings. The number of amides is 1. The maximum absolute atomic E-state index is 12.3. The number of likely N-dealkylation sites (tertiary alicyclic amines) is 1. The molecule has 0 bridgehead atoms. The highest BCUT2D eigenvalue weighted by molar-refractivity contribution is 7.99. The molecule has 7 heteroatoms. The molecule has 128 valence electrons. The summed E-state index contributed by atoms with van der Waals surface area (Å²) in [5, 5.41) is 3.70. The number of carbonyl (C=O) groups excluding carboxylic acids is 1. The van der Waals surface area contributed by atoms with Crippen LogP contribution in [0.4, 0.5) is 8.78 Å². The number of hydrogen-bond acceptors (Lipinski definition) is 3. The fourth-order valence-electron chi connectivity index (χ4n) is 2.57. The number of carbonyl (C=O) groups is 1. The van der Waals surface area contributed by atoms with E-state index in [1.54, 1.807) is 16.7 Å². The number of rotatable bonds is 7. The lowest BCUT2D eigenvalue weighted by Gasteiger charge is -2.32. The molecule has 0 unspecified atom stereocenters. The average molecular weight is 363 g/mol. The number of halogens is 3. The van der Waals surface area contributed by atoms with E-state index in [1.165, 1.54) is 0 Å². The summed E-state index contributed by atoms with van der Waals surface area (Å²) in [7, 11) is 0. The molecule has 3 nitrogen and oxygen atoms in total. The molecule has 0 aromatic heterocycles. The van der Waals surface area contributed by atoms with Crippen LogP contribution in [0.3, 0.4) is 0 Å². The van der Waals surface area contributed by atoms with Crippen LogP contribution in [-0.2, 0) is 10.5 Å². The fraction of sp³-hybridized carbons (Fsp3) is 0.562. The smallest absolute Gasteiger partial charge is 0.251 e. The number of hydrogen-bond donors (Lipinski definition) is 1. The Balaban J connectivity index is 1.61. The number of piperidine rings is 1. The molecular weight excluding hydrogens is 342 g/mol. The van der Waals surface area contributed by atoms with E-state index in [1.807, 2.05) is 24.3 Å². The van der Waals surface area contributed by atoms with Gasteiger partial charge in [0.25, 0.3) is 6.43 Å². The molecule has 1 aliphatic heterocycles. The fourth-order valence-corrected chi connectivity index (χ4v) is 3.49. The molecule has 2 rings (SSSR count). The summed E-state index contributed by atoms with van der Waals surface area (Å²) >= 11 is 7.38. The van der Waals surface area contributed by atoms with Crippen LogP contribution in [-0.4, -0.2) is 48.7 Å². The second-order valence-corrected chi connectivity index (χ2v) is 7.07. The Bertz CT molecular complexity index is 493. The van der Waals surface area contributed by atoms with E-state index in [0.717, 1.165) is 24.2 Å². The third-order valence-corrected chi connectivity index (χ3v) is 5.02. The average Bonchev–Trinajstić information content (AvgIpc) is 2.51. The van der Waals surface area contributed by atoms with E-state index < -0.39 is 6.43 Å². The molecule has 1 N–H and O–H groups in total. The highest BCUT2D eigenvalue weighted by atomic mass is 35.5. The van der Waals surface area contributed by atoms with Gasteiger partial charge in [-0.15, -0.1) is 11.8 Å². The highest BCUT2D eigenvalue weighted by Gasteiger charge is 2.22. The van der Waals surface area contributed by atoms with E-state index in [9.17, 15) is 13.6 Å². The van der Waals surface area contributed by atoms with Gasteiger partial charge in [-0.3, -0.25) is 9.69 Å². The topological polar surface area (TPSA) is 32.3 Å². The van der Waals surface area contributed by atoms with Crippen LogP contribution in [0.1, 0.15) is 18.4 Å². The van der Waals surface area contributed by atoms with Crippen molar-refractivity contribution in [1.82, 2.24) is 10.2 Å². The Hall–Kier alpha value is -0.850. The van der Waals surface area contributed by atoms with Crippen molar-refractivity contribution < 1.29 is 13.6 Å². The first-order valence-electron chi connectivity index (χ1n) is 7.65. The molecule has 0 spiro atoms. The lowest BCUT2D eigenvalue weighted by molar-refractivity contribution is -0.119. The molecule has 1 fully saturated rings. The minimum absolute atomic E-state index is 0.0104. The van der Waals surface area contributed by atoms with Crippen molar-refractivity contribution in [2.75, 3.05) is 25.4 Å².